The van der Waals surface area contributed by atoms with E-state index < -0.39 is 17.5 Å². The maximum atomic E-state index is 14.6. The molecular weight excluding hydrogens is 444 g/mol. The molecule has 5 rings (SSSR count). The predicted molar refractivity (Wildman–Crippen MR) is 120 cm³/mol. The molecule has 34 heavy (non-hydrogen) atoms. The Morgan fingerprint density at radius 3 is 2.50 bits per heavy atom. The van der Waals surface area contributed by atoms with Crippen LogP contribution in [0.15, 0.2) is 55.1 Å². The van der Waals surface area contributed by atoms with Gasteiger partial charge in [0.05, 0.1) is 23.8 Å². The highest BCUT2D eigenvalue weighted by Gasteiger charge is 2.19. The molecule has 1 aliphatic heterocycles. The Balaban J connectivity index is 1.37. The van der Waals surface area contributed by atoms with Crippen LogP contribution in [0.3, 0.4) is 0 Å². The number of halogens is 2. The third-order valence-electron chi connectivity index (χ3n) is 5.41. The van der Waals surface area contributed by atoms with Crippen molar-refractivity contribution in [3.8, 4) is 11.3 Å². The fourth-order valence-electron chi connectivity index (χ4n) is 3.71. The van der Waals surface area contributed by atoms with Crippen molar-refractivity contribution in [2.75, 3.05) is 23.7 Å². The molecule has 2 N–H and O–H groups in total. The molecule has 1 fully saturated rings. The summed E-state index contributed by atoms with van der Waals surface area (Å²) in [6.45, 7) is 1.40. The molecule has 0 aliphatic carbocycles. The van der Waals surface area contributed by atoms with Crippen LogP contribution in [-0.4, -0.2) is 49.3 Å². The molecule has 172 valence electrons. The number of amides is 3. The number of likely N-dealkylation sites (tertiary alicyclic amines) is 1. The van der Waals surface area contributed by atoms with Crippen LogP contribution < -0.4 is 10.6 Å². The van der Waals surface area contributed by atoms with E-state index in [1.54, 1.807) is 17.3 Å². The molecule has 0 spiro atoms. The zero-order chi connectivity index (χ0) is 23.7. The maximum Gasteiger partial charge on any atom is 0.321 e. The molecule has 0 atom stereocenters. The summed E-state index contributed by atoms with van der Waals surface area (Å²) in [7, 11) is 0. The number of nitrogens with one attached hydrogen (secondary N) is 2. The minimum Gasteiger partial charge on any atom is -0.325 e. The van der Waals surface area contributed by atoms with E-state index in [0.717, 1.165) is 25.1 Å². The lowest BCUT2D eigenvalue weighted by Crippen LogP contribution is -2.32. The Bertz CT molecular complexity index is 1380. The Morgan fingerprint density at radius 2 is 1.74 bits per heavy atom. The first-order chi connectivity index (χ1) is 16.5. The van der Waals surface area contributed by atoms with Crippen molar-refractivity contribution in [2.24, 2.45) is 0 Å². The third-order valence-corrected chi connectivity index (χ3v) is 5.41. The number of pyridine rings is 1. The van der Waals surface area contributed by atoms with Gasteiger partial charge in [0.15, 0.2) is 0 Å². The highest BCUT2D eigenvalue weighted by Crippen LogP contribution is 2.26. The van der Waals surface area contributed by atoms with E-state index in [9.17, 15) is 18.4 Å². The molecule has 3 amide bonds. The van der Waals surface area contributed by atoms with Crippen molar-refractivity contribution < 1.29 is 18.4 Å². The number of hydrogen-bond donors (Lipinski definition) is 2. The largest absolute Gasteiger partial charge is 0.325 e. The van der Waals surface area contributed by atoms with Crippen molar-refractivity contribution in [1.82, 2.24) is 24.3 Å². The molecule has 11 heteroatoms. The molecule has 1 aliphatic rings. The number of rotatable bonds is 4. The van der Waals surface area contributed by atoms with Crippen molar-refractivity contribution >= 4 is 29.1 Å². The van der Waals surface area contributed by atoms with Gasteiger partial charge in [-0.1, -0.05) is 0 Å². The van der Waals surface area contributed by atoms with Gasteiger partial charge in [-0.2, -0.15) is 0 Å². The fourth-order valence-corrected chi connectivity index (χ4v) is 3.71. The number of aromatic nitrogens is 4. The molecule has 9 nitrogen and oxygen atoms in total. The van der Waals surface area contributed by atoms with Gasteiger partial charge in [0.1, 0.15) is 17.3 Å². The second-order valence-corrected chi connectivity index (χ2v) is 7.81. The minimum absolute atomic E-state index is 0.0441. The van der Waals surface area contributed by atoms with Crippen molar-refractivity contribution in [3.05, 3.63) is 72.4 Å². The first-order valence-corrected chi connectivity index (χ1v) is 10.6. The fraction of sp³-hybridized carbons (Fsp3) is 0.174. The lowest BCUT2D eigenvalue weighted by molar-refractivity contribution is 0.102. The summed E-state index contributed by atoms with van der Waals surface area (Å²) in [6.07, 6.45) is 7.43. The van der Waals surface area contributed by atoms with Crippen LogP contribution in [0.4, 0.5) is 25.0 Å². The van der Waals surface area contributed by atoms with Gasteiger partial charge >= 0.3 is 6.03 Å². The quantitative estimate of drug-likeness (QED) is 0.477. The Hall–Kier alpha value is -4.41. The Labute approximate surface area is 192 Å². The van der Waals surface area contributed by atoms with Crippen LogP contribution in [0, 0.1) is 11.6 Å². The number of nitrogens with zero attached hydrogens (tertiary/aromatic N) is 5. The van der Waals surface area contributed by atoms with Crippen LogP contribution in [-0.2, 0) is 0 Å². The zero-order valence-electron chi connectivity index (χ0n) is 17.8. The molecule has 4 heterocycles. The SMILES string of the molecule is O=C(Nc1cnc2nc(-c3cc(NC(=O)N4CCCC4)ccc3F)cn2c1)c1ccc(F)cn1. The number of imidazole rings is 1. The summed E-state index contributed by atoms with van der Waals surface area (Å²) < 4.78 is 29.2. The lowest BCUT2D eigenvalue weighted by Gasteiger charge is -2.16. The molecule has 1 saturated heterocycles. The summed E-state index contributed by atoms with van der Waals surface area (Å²) in [5.74, 6) is -1.29. The number of hydrogen-bond acceptors (Lipinski definition) is 5. The standard InChI is InChI=1S/C23H19F2N7O2/c24-14-3-6-19(26-10-14)21(33)28-16-11-27-22-30-20(13-32(22)12-16)17-9-15(4-5-18(17)25)29-23(34)31-7-1-2-8-31/h3-6,9-13H,1-2,7-8H2,(H,28,33)(H,29,34). The zero-order valence-corrected chi connectivity index (χ0v) is 17.8. The monoisotopic (exact) mass is 463 g/mol. The van der Waals surface area contributed by atoms with Crippen molar-refractivity contribution in [2.45, 2.75) is 12.8 Å². The van der Waals surface area contributed by atoms with Crippen LogP contribution in [0.25, 0.3) is 17.0 Å². The van der Waals surface area contributed by atoms with Gasteiger partial charge in [-0.05, 0) is 43.2 Å². The second-order valence-electron chi connectivity index (χ2n) is 7.81. The van der Waals surface area contributed by atoms with Crippen molar-refractivity contribution in [1.29, 1.82) is 0 Å². The molecule has 0 saturated carbocycles. The van der Waals surface area contributed by atoms with Crippen LogP contribution in [0.2, 0.25) is 0 Å². The van der Waals surface area contributed by atoms with E-state index in [-0.39, 0.29) is 17.3 Å². The van der Waals surface area contributed by atoms with E-state index in [1.807, 2.05) is 0 Å². The van der Waals surface area contributed by atoms with Crippen LogP contribution >= 0.6 is 0 Å². The van der Waals surface area contributed by atoms with E-state index in [4.69, 9.17) is 0 Å². The van der Waals surface area contributed by atoms with Gasteiger partial charge in [-0.3, -0.25) is 9.20 Å². The number of fused-ring (bicyclic) bond motifs is 1. The molecule has 3 aromatic heterocycles. The molecular formula is C23H19F2N7O2. The molecule has 1 aromatic carbocycles. The van der Waals surface area contributed by atoms with E-state index >= 15 is 0 Å². The van der Waals surface area contributed by atoms with Gasteiger partial charge < -0.3 is 15.5 Å². The van der Waals surface area contributed by atoms with Gasteiger partial charge in [0.25, 0.3) is 5.91 Å². The average molecular weight is 463 g/mol. The Kier molecular flexibility index (Phi) is 5.58. The predicted octanol–water partition coefficient (Wildman–Crippen LogP) is 3.95. The first-order valence-electron chi connectivity index (χ1n) is 10.6. The summed E-state index contributed by atoms with van der Waals surface area (Å²) in [6, 6.07) is 6.48. The highest BCUT2D eigenvalue weighted by atomic mass is 19.1. The van der Waals surface area contributed by atoms with E-state index in [2.05, 4.69) is 25.6 Å². The van der Waals surface area contributed by atoms with Gasteiger partial charge in [0, 0.05) is 36.7 Å². The third kappa shape index (κ3) is 4.40. The average Bonchev–Trinajstić information content (AvgIpc) is 3.51. The molecule has 0 radical (unpaired) electrons. The summed E-state index contributed by atoms with van der Waals surface area (Å²) >= 11 is 0. The Morgan fingerprint density at radius 1 is 0.912 bits per heavy atom. The first kappa shape index (κ1) is 21.4. The number of urea groups is 1. The summed E-state index contributed by atoms with van der Waals surface area (Å²) in [5.41, 5.74) is 1.36. The van der Waals surface area contributed by atoms with Crippen LogP contribution in [0.5, 0.6) is 0 Å². The van der Waals surface area contributed by atoms with Gasteiger partial charge in [-0.15, -0.1) is 0 Å². The number of anilines is 2. The minimum atomic E-state index is -0.544. The maximum absolute atomic E-state index is 14.6. The van der Waals surface area contributed by atoms with Gasteiger partial charge in [-0.25, -0.2) is 28.5 Å². The number of benzene rings is 1. The normalized spacial score (nSPS) is 13.3. The topological polar surface area (TPSA) is 105 Å². The lowest BCUT2D eigenvalue weighted by atomic mass is 10.1. The number of carbonyl (C=O) groups is 2. The number of carbonyl (C=O) groups excluding carboxylic acids is 2. The van der Waals surface area contributed by atoms with Gasteiger partial charge in [0.2, 0.25) is 5.78 Å². The summed E-state index contributed by atoms with van der Waals surface area (Å²) in [4.78, 5) is 38.7. The van der Waals surface area contributed by atoms with E-state index in [1.165, 1.54) is 34.9 Å². The van der Waals surface area contributed by atoms with E-state index in [0.29, 0.717) is 35.9 Å². The second kappa shape index (κ2) is 8.85. The van der Waals surface area contributed by atoms with Crippen LogP contribution in [0.1, 0.15) is 23.3 Å². The summed E-state index contributed by atoms with van der Waals surface area (Å²) in [5, 5.41) is 5.42. The molecule has 4 aromatic rings. The molecule has 0 bridgehead atoms. The smallest absolute Gasteiger partial charge is 0.321 e. The van der Waals surface area contributed by atoms with Crippen molar-refractivity contribution in [3.63, 3.8) is 0 Å². The highest BCUT2D eigenvalue weighted by molar-refractivity contribution is 6.02. The molecule has 0 unspecified atom stereocenters.